The Morgan fingerprint density at radius 2 is 2.13 bits per heavy atom. The first-order chi connectivity index (χ1) is 11.0. The molecule has 1 fully saturated rings. The van der Waals surface area contributed by atoms with Gasteiger partial charge in [0.1, 0.15) is 5.54 Å². The number of rotatable bonds is 6. The average Bonchev–Trinajstić information content (AvgIpc) is 3.13. The van der Waals surface area contributed by atoms with Gasteiger partial charge in [-0.25, -0.2) is 0 Å². The predicted molar refractivity (Wildman–Crippen MR) is 88.6 cm³/mol. The topological polar surface area (TPSA) is 74.0 Å². The monoisotopic (exact) mass is 317 g/mol. The summed E-state index contributed by atoms with van der Waals surface area (Å²) in [5, 5.41) is 17.1. The lowest BCUT2D eigenvalue weighted by atomic mass is 9.81. The third kappa shape index (κ3) is 3.91. The van der Waals surface area contributed by atoms with Crippen molar-refractivity contribution in [3.8, 4) is 6.07 Å². The molecule has 1 aromatic heterocycles. The maximum absolute atomic E-state index is 12.5. The summed E-state index contributed by atoms with van der Waals surface area (Å²) in [4.78, 5) is 14.2. The van der Waals surface area contributed by atoms with Gasteiger partial charge in [0.25, 0.3) is 0 Å². The van der Waals surface area contributed by atoms with Crippen molar-refractivity contribution < 1.29 is 4.79 Å². The summed E-state index contributed by atoms with van der Waals surface area (Å²) in [5.41, 5.74) is -0.617. The predicted octanol–water partition coefficient (Wildman–Crippen LogP) is 2.11. The Morgan fingerprint density at radius 3 is 2.70 bits per heavy atom. The van der Waals surface area contributed by atoms with Crippen molar-refractivity contribution in [1.29, 1.82) is 5.26 Å². The van der Waals surface area contributed by atoms with Crippen molar-refractivity contribution in [2.24, 2.45) is 0 Å². The van der Waals surface area contributed by atoms with Gasteiger partial charge in [0, 0.05) is 25.5 Å². The van der Waals surface area contributed by atoms with E-state index < -0.39 is 5.54 Å². The molecule has 6 heteroatoms. The van der Waals surface area contributed by atoms with Crippen LogP contribution in [0.15, 0.2) is 18.5 Å². The van der Waals surface area contributed by atoms with Crippen LogP contribution in [0.2, 0.25) is 0 Å². The quantitative estimate of drug-likeness (QED) is 0.872. The van der Waals surface area contributed by atoms with Crippen LogP contribution in [0.5, 0.6) is 0 Å². The van der Waals surface area contributed by atoms with Gasteiger partial charge in [-0.15, -0.1) is 0 Å². The third-order valence-corrected chi connectivity index (χ3v) is 5.15. The molecule has 23 heavy (non-hydrogen) atoms. The molecule has 0 unspecified atom stereocenters. The molecule has 0 spiro atoms. The molecular weight excluding hydrogens is 290 g/mol. The summed E-state index contributed by atoms with van der Waals surface area (Å²) in [7, 11) is 1.76. The van der Waals surface area contributed by atoms with Crippen LogP contribution >= 0.6 is 0 Å². The van der Waals surface area contributed by atoms with Crippen molar-refractivity contribution in [2.45, 2.75) is 63.6 Å². The van der Waals surface area contributed by atoms with Gasteiger partial charge in [-0.2, -0.15) is 10.4 Å². The van der Waals surface area contributed by atoms with E-state index in [1.807, 2.05) is 23.9 Å². The molecule has 6 nitrogen and oxygen atoms in total. The number of hydrogen-bond donors (Lipinski definition) is 1. The molecule has 2 rings (SSSR count). The fourth-order valence-corrected chi connectivity index (χ4v) is 3.19. The SMILES string of the molecule is C[C@H](NCC(=O)N(C)C1(C#N)CCCCC1)[C@H](C)n1cccn1. The van der Waals surface area contributed by atoms with Gasteiger partial charge in [-0.1, -0.05) is 19.3 Å². The van der Waals surface area contributed by atoms with E-state index in [4.69, 9.17) is 0 Å². The highest BCUT2D eigenvalue weighted by Gasteiger charge is 2.38. The summed E-state index contributed by atoms with van der Waals surface area (Å²) < 4.78 is 1.88. The molecule has 0 bridgehead atoms. The van der Waals surface area contributed by atoms with E-state index in [0.29, 0.717) is 0 Å². The molecule has 1 heterocycles. The molecular formula is C17H27N5O. The highest BCUT2D eigenvalue weighted by atomic mass is 16.2. The van der Waals surface area contributed by atoms with Gasteiger partial charge >= 0.3 is 0 Å². The largest absolute Gasteiger partial charge is 0.326 e. The molecule has 0 aromatic carbocycles. The van der Waals surface area contributed by atoms with E-state index in [9.17, 15) is 10.1 Å². The fourth-order valence-electron chi connectivity index (χ4n) is 3.19. The molecule has 0 radical (unpaired) electrons. The highest BCUT2D eigenvalue weighted by Crippen LogP contribution is 2.32. The second-order valence-corrected chi connectivity index (χ2v) is 6.55. The third-order valence-electron chi connectivity index (χ3n) is 5.15. The van der Waals surface area contributed by atoms with Gasteiger partial charge in [0.2, 0.25) is 5.91 Å². The number of nitriles is 1. The molecule has 2 atom stereocenters. The smallest absolute Gasteiger partial charge is 0.237 e. The normalized spacial score (nSPS) is 19.6. The van der Waals surface area contributed by atoms with Gasteiger partial charge in [0.05, 0.1) is 18.7 Å². The van der Waals surface area contributed by atoms with E-state index in [-0.39, 0.29) is 24.5 Å². The molecule has 0 aliphatic heterocycles. The van der Waals surface area contributed by atoms with Crippen LogP contribution in [0.4, 0.5) is 0 Å². The minimum atomic E-state index is -0.617. The number of likely N-dealkylation sites (N-methyl/N-ethyl adjacent to an activating group) is 1. The molecule has 1 saturated carbocycles. The maximum Gasteiger partial charge on any atom is 0.237 e. The van der Waals surface area contributed by atoms with Crippen molar-refractivity contribution in [3.63, 3.8) is 0 Å². The lowest BCUT2D eigenvalue weighted by molar-refractivity contribution is -0.134. The maximum atomic E-state index is 12.5. The van der Waals surface area contributed by atoms with Gasteiger partial charge in [-0.3, -0.25) is 9.48 Å². The van der Waals surface area contributed by atoms with Gasteiger partial charge in [-0.05, 0) is 32.8 Å². The first-order valence-corrected chi connectivity index (χ1v) is 8.40. The van der Waals surface area contributed by atoms with Crippen molar-refractivity contribution in [3.05, 3.63) is 18.5 Å². The molecule has 1 aromatic rings. The van der Waals surface area contributed by atoms with E-state index in [0.717, 1.165) is 32.1 Å². The number of nitrogens with one attached hydrogen (secondary N) is 1. The Hall–Kier alpha value is -1.87. The molecule has 1 aliphatic rings. The minimum Gasteiger partial charge on any atom is -0.326 e. The molecule has 1 N–H and O–H groups in total. The van der Waals surface area contributed by atoms with E-state index in [2.05, 4.69) is 23.4 Å². The zero-order valence-corrected chi connectivity index (χ0v) is 14.3. The summed E-state index contributed by atoms with van der Waals surface area (Å²) in [5.74, 6) is -0.0204. The summed E-state index contributed by atoms with van der Waals surface area (Å²) in [6.07, 6.45) is 8.43. The fraction of sp³-hybridized carbons (Fsp3) is 0.706. The molecule has 0 saturated heterocycles. The number of hydrogen-bond acceptors (Lipinski definition) is 4. The molecule has 1 amide bonds. The summed E-state index contributed by atoms with van der Waals surface area (Å²) in [6, 6.07) is 4.55. The van der Waals surface area contributed by atoms with E-state index in [1.165, 1.54) is 0 Å². The molecule has 126 valence electrons. The Labute approximate surface area is 138 Å². The van der Waals surface area contributed by atoms with Crippen LogP contribution in [-0.4, -0.2) is 45.8 Å². The lowest BCUT2D eigenvalue weighted by Gasteiger charge is -2.39. The standard InChI is InChI=1S/C17H27N5O/c1-14(15(2)22-11-7-10-20-22)19-12-16(23)21(3)17(13-18)8-5-4-6-9-17/h7,10-11,14-15,19H,4-6,8-9,12H2,1-3H3/t14-,15-/m0/s1. The van der Waals surface area contributed by atoms with Crippen LogP contribution in [-0.2, 0) is 4.79 Å². The Kier molecular flexibility index (Phi) is 5.78. The van der Waals surface area contributed by atoms with Crippen molar-refractivity contribution >= 4 is 5.91 Å². The average molecular weight is 317 g/mol. The molecule has 1 aliphatic carbocycles. The first-order valence-electron chi connectivity index (χ1n) is 8.40. The van der Waals surface area contributed by atoms with Crippen LogP contribution in [0, 0.1) is 11.3 Å². The Bertz CT molecular complexity index is 542. The Morgan fingerprint density at radius 1 is 1.43 bits per heavy atom. The number of nitrogens with zero attached hydrogens (tertiary/aromatic N) is 4. The highest BCUT2D eigenvalue weighted by molar-refractivity contribution is 5.79. The van der Waals surface area contributed by atoms with Gasteiger partial charge in [0.15, 0.2) is 0 Å². The second kappa shape index (κ2) is 7.60. The van der Waals surface area contributed by atoms with Crippen LogP contribution in [0.1, 0.15) is 52.0 Å². The van der Waals surface area contributed by atoms with E-state index in [1.54, 1.807) is 18.1 Å². The zero-order chi connectivity index (χ0) is 16.9. The minimum absolute atomic E-state index is 0.0204. The number of amides is 1. The lowest BCUT2D eigenvalue weighted by Crippen LogP contribution is -2.53. The van der Waals surface area contributed by atoms with Gasteiger partial charge < -0.3 is 10.2 Å². The second-order valence-electron chi connectivity index (χ2n) is 6.55. The number of carbonyl (C=O) groups excluding carboxylic acids is 1. The summed E-state index contributed by atoms with van der Waals surface area (Å²) in [6.45, 7) is 4.35. The number of carbonyl (C=O) groups is 1. The zero-order valence-electron chi connectivity index (χ0n) is 14.3. The first kappa shape index (κ1) is 17.5. The van der Waals surface area contributed by atoms with Crippen LogP contribution in [0.25, 0.3) is 0 Å². The van der Waals surface area contributed by atoms with Crippen LogP contribution in [0.3, 0.4) is 0 Å². The van der Waals surface area contributed by atoms with Crippen molar-refractivity contribution in [1.82, 2.24) is 20.0 Å². The number of aromatic nitrogens is 2. The van der Waals surface area contributed by atoms with Crippen LogP contribution < -0.4 is 5.32 Å². The van der Waals surface area contributed by atoms with Crippen molar-refractivity contribution in [2.75, 3.05) is 13.6 Å². The van der Waals surface area contributed by atoms with E-state index >= 15 is 0 Å². The Balaban J connectivity index is 1.89. The summed E-state index contributed by atoms with van der Waals surface area (Å²) >= 11 is 0.